The van der Waals surface area contributed by atoms with E-state index in [2.05, 4.69) is 43.2 Å². The molecular weight excluding hydrogens is 204 g/mol. The molecule has 16 heavy (non-hydrogen) atoms. The molecular formula is C11H20N4O. The van der Waals surface area contributed by atoms with Crippen molar-refractivity contribution in [3.8, 4) is 0 Å². The van der Waals surface area contributed by atoms with Crippen molar-refractivity contribution in [1.82, 2.24) is 15.5 Å². The lowest BCUT2D eigenvalue weighted by Crippen LogP contribution is -2.33. The number of anilines is 1. The highest BCUT2D eigenvalue weighted by Gasteiger charge is 2.21. The minimum atomic E-state index is -0.178. The van der Waals surface area contributed by atoms with Gasteiger partial charge in [0.1, 0.15) is 11.4 Å². The molecule has 0 fully saturated rings. The maximum absolute atomic E-state index is 11.7. The van der Waals surface area contributed by atoms with Crippen LogP contribution in [0.5, 0.6) is 0 Å². The number of nitrogens with zero attached hydrogens (tertiary/aromatic N) is 1. The summed E-state index contributed by atoms with van der Waals surface area (Å²) >= 11 is 0. The Kier molecular flexibility index (Phi) is 3.57. The molecule has 0 saturated heterocycles. The summed E-state index contributed by atoms with van der Waals surface area (Å²) in [6, 6.07) is 0. The largest absolute Gasteiger partial charge is 0.383 e. The molecule has 4 N–H and O–H groups in total. The summed E-state index contributed by atoms with van der Waals surface area (Å²) in [7, 11) is 0. The normalized spacial score (nSPS) is 13.5. The van der Waals surface area contributed by atoms with Crippen molar-refractivity contribution in [2.45, 2.75) is 27.7 Å². The molecule has 0 aliphatic carbocycles. The summed E-state index contributed by atoms with van der Waals surface area (Å²) < 4.78 is 0. The second-order valence-electron chi connectivity index (χ2n) is 5.17. The molecule has 0 aliphatic rings. The zero-order chi connectivity index (χ0) is 12.3. The second kappa shape index (κ2) is 4.55. The van der Waals surface area contributed by atoms with Crippen molar-refractivity contribution >= 4 is 11.7 Å². The van der Waals surface area contributed by atoms with Crippen molar-refractivity contribution in [3.05, 3.63) is 11.8 Å². The van der Waals surface area contributed by atoms with Gasteiger partial charge in [-0.25, -0.2) is 0 Å². The van der Waals surface area contributed by atoms with E-state index in [0.29, 0.717) is 23.8 Å². The zero-order valence-electron chi connectivity index (χ0n) is 10.3. The fourth-order valence-electron chi connectivity index (χ4n) is 1.12. The summed E-state index contributed by atoms with van der Waals surface area (Å²) in [4.78, 5) is 11.7. The average Bonchev–Trinajstić information content (AvgIpc) is 2.58. The highest BCUT2D eigenvalue weighted by atomic mass is 16.1. The summed E-state index contributed by atoms with van der Waals surface area (Å²) in [5.41, 5.74) is 6.13. The Morgan fingerprint density at radius 1 is 1.62 bits per heavy atom. The van der Waals surface area contributed by atoms with Crippen molar-refractivity contribution < 1.29 is 4.79 Å². The number of rotatable bonds is 3. The second-order valence-corrected chi connectivity index (χ2v) is 5.17. The Hall–Kier alpha value is -1.52. The van der Waals surface area contributed by atoms with Crippen LogP contribution in [0.15, 0.2) is 6.20 Å². The number of carbonyl (C=O) groups excluding carboxylic acids is 1. The molecule has 1 aromatic rings. The molecule has 1 atom stereocenters. The third-order valence-electron chi connectivity index (χ3n) is 2.96. The zero-order valence-corrected chi connectivity index (χ0v) is 10.3. The van der Waals surface area contributed by atoms with Crippen LogP contribution in [0.1, 0.15) is 38.1 Å². The van der Waals surface area contributed by atoms with Crippen molar-refractivity contribution in [3.63, 3.8) is 0 Å². The number of nitrogen functional groups attached to an aromatic ring is 1. The SMILES string of the molecule is CC(CNC(=O)c1cn[nH]c1N)C(C)(C)C. The number of nitrogens with one attached hydrogen (secondary N) is 2. The van der Waals surface area contributed by atoms with Crippen LogP contribution in [0.2, 0.25) is 0 Å². The fourth-order valence-corrected chi connectivity index (χ4v) is 1.12. The van der Waals surface area contributed by atoms with E-state index in [1.165, 1.54) is 6.20 Å². The van der Waals surface area contributed by atoms with Gasteiger partial charge in [0, 0.05) is 6.54 Å². The maximum atomic E-state index is 11.7. The van der Waals surface area contributed by atoms with Gasteiger partial charge in [-0.2, -0.15) is 5.10 Å². The van der Waals surface area contributed by atoms with Crippen molar-refractivity contribution in [2.75, 3.05) is 12.3 Å². The van der Waals surface area contributed by atoms with Crippen LogP contribution in [0.25, 0.3) is 0 Å². The Morgan fingerprint density at radius 3 is 2.69 bits per heavy atom. The van der Waals surface area contributed by atoms with E-state index < -0.39 is 0 Å². The van der Waals surface area contributed by atoms with E-state index in [9.17, 15) is 4.79 Å². The third kappa shape index (κ3) is 2.98. The van der Waals surface area contributed by atoms with Crippen LogP contribution in [-0.2, 0) is 0 Å². The minimum Gasteiger partial charge on any atom is -0.383 e. The van der Waals surface area contributed by atoms with Crippen molar-refractivity contribution in [1.29, 1.82) is 0 Å². The fraction of sp³-hybridized carbons (Fsp3) is 0.636. The number of aromatic nitrogens is 2. The molecule has 1 amide bonds. The molecule has 0 bridgehead atoms. The van der Waals surface area contributed by atoms with Crippen LogP contribution in [0.4, 0.5) is 5.82 Å². The Bertz CT molecular complexity index is 364. The van der Waals surface area contributed by atoms with Gasteiger partial charge in [0.05, 0.1) is 6.20 Å². The maximum Gasteiger partial charge on any atom is 0.256 e. The number of hydrogen-bond acceptors (Lipinski definition) is 3. The highest BCUT2D eigenvalue weighted by Crippen LogP contribution is 2.24. The summed E-state index contributed by atoms with van der Waals surface area (Å²) in [6.07, 6.45) is 1.44. The standard InChI is InChI=1S/C11H20N4O/c1-7(11(2,3)4)5-13-10(16)8-6-14-15-9(8)12/h6-7H,5H2,1-4H3,(H,13,16)(H3,12,14,15). The van der Waals surface area contributed by atoms with Crippen LogP contribution >= 0.6 is 0 Å². The molecule has 1 heterocycles. The molecule has 1 rings (SSSR count). The van der Waals surface area contributed by atoms with E-state index in [1.807, 2.05) is 0 Å². The third-order valence-corrected chi connectivity index (χ3v) is 2.96. The van der Waals surface area contributed by atoms with Crippen LogP contribution in [0.3, 0.4) is 0 Å². The van der Waals surface area contributed by atoms with Gasteiger partial charge in [0.2, 0.25) is 0 Å². The lowest BCUT2D eigenvalue weighted by atomic mass is 9.82. The molecule has 90 valence electrons. The number of nitrogens with two attached hydrogens (primary N) is 1. The van der Waals surface area contributed by atoms with Crippen molar-refractivity contribution in [2.24, 2.45) is 11.3 Å². The molecule has 1 aromatic heterocycles. The Balaban J connectivity index is 2.52. The van der Waals surface area contributed by atoms with Gasteiger partial charge in [-0.3, -0.25) is 9.89 Å². The van der Waals surface area contributed by atoms with E-state index in [0.717, 1.165) is 0 Å². The monoisotopic (exact) mass is 224 g/mol. The number of amides is 1. The van der Waals surface area contributed by atoms with Gasteiger partial charge in [0.15, 0.2) is 0 Å². The summed E-state index contributed by atoms with van der Waals surface area (Å²) in [5.74, 6) is 0.521. The topological polar surface area (TPSA) is 83.8 Å². The molecule has 5 nitrogen and oxygen atoms in total. The first kappa shape index (κ1) is 12.5. The first-order valence-corrected chi connectivity index (χ1v) is 5.39. The Morgan fingerprint density at radius 2 is 2.25 bits per heavy atom. The lowest BCUT2D eigenvalue weighted by molar-refractivity contribution is 0.0938. The number of hydrogen-bond donors (Lipinski definition) is 3. The quantitative estimate of drug-likeness (QED) is 0.725. The average molecular weight is 224 g/mol. The molecule has 0 aromatic carbocycles. The predicted molar refractivity (Wildman–Crippen MR) is 64.0 cm³/mol. The first-order chi connectivity index (χ1) is 7.32. The summed E-state index contributed by atoms with van der Waals surface area (Å²) in [6.45, 7) is 9.19. The van der Waals surface area contributed by atoms with Gasteiger partial charge < -0.3 is 11.1 Å². The van der Waals surface area contributed by atoms with Gasteiger partial charge in [-0.15, -0.1) is 0 Å². The Labute approximate surface area is 95.8 Å². The van der Waals surface area contributed by atoms with Gasteiger partial charge in [-0.05, 0) is 11.3 Å². The van der Waals surface area contributed by atoms with E-state index in [4.69, 9.17) is 5.73 Å². The first-order valence-electron chi connectivity index (χ1n) is 5.39. The number of carbonyl (C=O) groups is 1. The molecule has 0 spiro atoms. The van der Waals surface area contributed by atoms with Gasteiger partial charge >= 0.3 is 0 Å². The smallest absolute Gasteiger partial charge is 0.256 e. The van der Waals surface area contributed by atoms with Crippen LogP contribution in [-0.4, -0.2) is 22.6 Å². The number of aromatic amines is 1. The van der Waals surface area contributed by atoms with Crippen LogP contribution in [0, 0.1) is 11.3 Å². The van der Waals surface area contributed by atoms with E-state index >= 15 is 0 Å². The summed E-state index contributed by atoms with van der Waals surface area (Å²) in [5, 5.41) is 9.10. The predicted octanol–water partition coefficient (Wildman–Crippen LogP) is 1.40. The van der Waals surface area contributed by atoms with Gasteiger partial charge in [0.25, 0.3) is 5.91 Å². The molecule has 0 aliphatic heterocycles. The van der Waals surface area contributed by atoms with E-state index in [-0.39, 0.29) is 11.3 Å². The molecule has 0 saturated carbocycles. The molecule has 0 radical (unpaired) electrons. The highest BCUT2D eigenvalue weighted by molar-refractivity contribution is 5.98. The minimum absolute atomic E-state index is 0.176. The van der Waals surface area contributed by atoms with Crippen LogP contribution < -0.4 is 11.1 Å². The molecule has 1 unspecified atom stereocenters. The van der Waals surface area contributed by atoms with Gasteiger partial charge in [-0.1, -0.05) is 27.7 Å². The molecule has 5 heteroatoms. The number of H-pyrrole nitrogens is 1. The van der Waals surface area contributed by atoms with E-state index in [1.54, 1.807) is 0 Å². The lowest BCUT2D eigenvalue weighted by Gasteiger charge is -2.27.